The third-order valence-electron chi connectivity index (χ3n) is 3.12. The molecule has 1 aliphatic heterocycles. The van der Waals surface area contributed by atoms with E-state index in [1.807, 2.05) is 0 Å². The molecular weight excluding hydrogens is 221 g/mol. The van der Waals surface area contributed by atoms with Crippen molar-refractivity contribution in [1.29, 1.82) is 0 Å². The average Bonchev–Trinajstić information content (AvgIpc) is 2.78. The Bertz CT molecular complexity index is 386. The van der Waals surface area contributed by atoms with Crippen molar-refractivity contribution < 1.29 is 9.13 Å². The zero-order valence-corrected chi connectivity index (χ0v) is 10.0. The molecule has 1 atom stereocenters. The lowest BCUT2D eigenvalue weighted by Crippen LogP contribution is -2.24. The van der Waals surface area contributed by atoms with Gasteiger partial charge in [0.2, 0.25) is 0 Å². The van der Waals surface area contributed by atoms with Crippen molar-refractivity contribution in [2.75, 3.05) is 31.7 Å². The van der Waals surface area contributed by atoms with Crippen LogP contribution in [0.1, 0.15) is 12.0 Å². The van der Waals surface area contributed by atoms with Crippen LogP contribution in [0, 0.1) is 11.7 Å². The fourth-order valence-corrected chi connectivity index (χ4v) is 2.31. The van der Waals surface area contributed by atoms with E-state index in [0.717, 1.165) is 37.5 Å². The Morgan fingerprint density at radius 3 is 3.18 bits per heavy atom. The molecular formula is C12H18FN3O. The van der Waals surface area contributed by atoms with Gasteiger partial charge in [-0.05, 0) is 12.5 Å². The Hall–Kier alpha value is -1.20. The molecule has 2 N–H and O–H groups in total. The standard InChI is InChI=1S/C12H18FN3O/c1-17-8-9-2-3-16(7-9)12-10(5-14)4-11(13)6-15-12/h4,6,9H,2-3,5,7-8,14H2,1H3. The second kappa shape index (κ2) is 5.42. The third kappa shape index (κ3) is 2.73. The van der Waals surface area contributed by atoms with Crippen molar-refractivity contribution in [3.63, 3.8) is 0 Å². The molecule has 1 aromatic heterocycles. The number of aromatic nitrogens is 1. The van der Waals surface area contributed by atoms with E-state index in [4.69, 9.17) is 10.5 Å². The molecule has 1 unspecified atom stereocenters. The van der Waals surface area contributed by atoms with Crippen molar-refractivity contribution >= 4 is 5.82 Å². The summed E-state index contributed by atoms with van der Waals surface area (Å²) in [5, 5.41) is 0. The summed E-state index contributed by atoms with van der Waals surface area (Å²) in [5.41, 5.74) is 6.39. The van der Waals surface area contributed by atoms with Crippen LogP contribution in [-0.4, -0.2) is 31.8 Å². The fourth-order valence-electron chi connectivity index (χ4n) is 2.31. The van der Waals surface area contributed by atoms with Gasteiger partial charge < -0.3 is 15.4 Å². The predicted octanol–water partition coefficient (Wildman–Crippen LogP) is 1.15. The van der Waals surface area contributed by atoms with Crippen LogP contribution in [-0.2, 0) is 11.3 Å². The number of hydrogen-bond acceptors (Lipinski definition) is 4. The van der Waals surface area contributed by atoms with E-state index in [-0.39, 0.29) is 5.82 Å². The van der Waals surface area contributed by atoms with Gasteiger partial charge in [0.05, 0.1) is 12.8 Å². The minimum atomic E-state index is -0.332. The zero-order chi connectivity index (χ0) is 12.3. The minimum Gasteiger partial charge on any atom is -0.384 e. The van der Waals surface area contributed by atoms with E-state index in [2.05, 4.69) is 9.88 Å². The largest absolute Gasteiger partial charge is 0.384 e. The van der Waals surface area contributed by atoms with Crippen LogP contribution in [0.3, 0.4) is 0 Å². The van der Waals surface area contributed by atoms with Gasteiger partial charge in [-0.2, -0.15) is 0 Å². The van der Waals surface area contributed by atoms with Crippen molar-refractivity contribution in [2.45, 2.75) is 13.0 Å². The van der Waals surface area contributed by atoms with E-state index >= 15 is 0 Å². The first-order chi connectivity index (χ1) is 8.24. The van der Waals surface area contributed by atoms with E-state index in [1.165, 1.54) is 12.3 Å². The molecule has 94 valence electrons. The Balaban J connectivity index is 2.12. The van der Waals surface area contributed by atoms with Crippen molar-refractivity contribution in [1.82, 2.24) is 4.98 Å². The molecule has 0 radical (unpaired) electrons. The summed E-state index contributed by atoms with van der Waals surface area (Å²) in [6.45, 7) is 2.90. The van der Waals surface area contributed by atoms with Crippen molar-refractivity contribution in [3.05, 3.63) is 23.6 Å². The Morgan fingerprint density at radius 2 is 2.47 bits per heavy atom. The lowest BCUT2D eigenvalue weighted by molar-refractivity contribution is 0.161. The molecule has 0 aromatic carbocycles. The summed E-state index contributed by atoms with van der Waals surface area (Å²) >= 11 is 0. The monoisotopic (exact) mass is 239 g/mol. The van der Waals surface area contributed by atoms with Gasteiger partial charge in [0, 0.05) is 38.2 Å². The summed E-state index contributed by atoms with van der Waals surface area (Å²) in [5.74, 6) is 1.01. The van der Waals surface area contributed by atoms with Gasteiger partial charge in [0.25, 0.3) is 0 Å². The maximum Gasteiger partial charge on any atom is 0.141 e. The molecule has 1 saturated heterocycles. The molecule has 17 heavy (non-hydrogen) atoms. The normalized spacial score (nSPS) is 19.9. The van der Waals surface area contributed by atoms with Crippen LogP contribution in [0.25, 0.3) is 0 Å². The molecule has 2 rings (SSSR count). The summed E-state index contributed by atoms with van der Waals surface area (Å²) in [7, 11) is 1.71. The number of methoxy groups -OCH3 is 1. The molecule has 0 amide bonds. The smallest absolute Gasteiger partial charge is 0.141 e. The number of ether oxygens (including phenoxy) is 1. The summed E-state index contributed by atoms with van der Waals surface area (Å²) < 4.78 is 18.2. The molecule has 0 bridgehead atoms. The van der Waals surface area contributed by atoms with Crippen LogP contribution in [0.5, 0.6) is 0 Å². The van der Waals surface area contributed by atoms with Gasteiger partial charge in [-0.15, -0.1) is 0 Å². The predicted molar refractivity (Wildman–Crippen MR) is 64.3 cm³/mol. The zero-order valence-electron chi connectivity index (χ0n) is 10.0. The van der Waals surface area contributed by atoms with E-state index < -0.39 is 0 Å². The number of anilines is 1. The van der Waals surface area contributed by atoms with E-state index in [0.29, 0.717) is 12.5 Å². The lowest BCUT2D eigenvalue weighted by Gasteiger charge is -2.20. The van der Waals surface area contributed by atoms with E-state index in [1.54, 1.807) is 7.11 Å². The van der Waals surface area contributed by atoms with Crippen LogP contribution >= 0.6 is 0 Å². The quantitative estimate of drug-likeness (QED) is 0.856. The van der Waals surface area contributed by atoms with Crippen molar-refractivity contribution in [2.24, 2.45) is 11.7 Å². The number of pyridine rings is 1. The molecule has 0 saturated carbocycles. The molecule has 1 aromatic rings. The molecule has 0 spiro atoms. The Morgan fingerprint density at radius 1 is 1.65 bits per heavy atom. The SMILES string of the molecule is COCC1CCN(c2ncc(F)cc2CN)C1. The third-order valence-corrected chi connectivity index (χ3v) is 3.12. The van der Waals surface area contributed by atoms with Gasteiger partial charge >= 0.3 is 0 Å². The molecule has 5 heteroatoms. The first-order valence-corrected chi connectivity index (χ1v) is 5.83. The topological polar surface area (TPSA) is 51.4 Å². The fraction of sp³-hybridized carbons (Fsp3) is 0.583. The first kappa shape index (κ1) is 12.3. The number of halogens is 1. The van der Waals surface area contributed by atoms with Crippen LogP contribution in [0.2, 0.25) is 0 Å². The van der Waals surface area contributed by atoms with Gasteiger partial charge in [0.1, 0.15) is 11.6 Å². The van der Waals surface area contributed by atoms with Gasteiger partial charge in [-0.3, -0.25) is 0 Å². The van der Waals surface area contributed by atoms with Gasteiger partial charge in [0.15, 0.2) is 0 Å². The van der Waals surface area contributed by atoms with Crippen LogP contribution < -0.4 is 10.6 Å². The molecule has 0 aliphatic carbocycles. The number of nitrogens with zero attached hydrogens (tertiary/aromatic N) is 2. The summed E-state index contributed by atoms with van der Waals surface area (Å²) in [6.07, 6.45) is 2.33. The molecule has 4 nitrogen and oxygen atoms in total. The maximum atomic E-state index is 13.1. The minimum absolute atomic E-state index is 0.311. The second-order valence-corrected chi connectivity index (χ2v) is 4.40. The maximum absolute atomic E-state index is 13.1. The highest BCUT2D eigenvalue weighted by molar-refractivity contribution is 5.47. The Labute approximate surface area is 101 Å². The van der Waals surface area contributed by atoms with E-state index in [9.17, 15) is 4.39 Å². The number of rotatable bonds is 4. The second-order valence-electron chi connectivity index (χ2n) is 4.40. The highest BCUT2D eigenvalue weighted by Crippen LogP contribution is 2.25. The highest BCUT2D eigenvalue weighted by atomic mass is 19.1. The highest BCUT2D eigenvalue weighted by Gasteiger charge is 2.24. The molecule has 2 heterocycles. The molecule has 1 fully saturated rings. The van der Waals surface area contributed by atoms with Gasteiger partial charge in [-0.1, -0.05) is 0 Å². The lowest BCUT2D eigenvalue weighted by atomic mass is 10.1. The number of nitrogens with two attached hydrogens (primary N) is 1. The Kier molecular flexibility index (Phi) is 3.91. The van der Waals surface area contributed by atoms with Crippen molar-refractivity contribution in [3.8, 4) is 0 Å². The van der Waals surface area contributed by atoms with Crippen LogP contribution in [0.15, 0.2) is 12.3 Å². The molecule has 1 aliphatic rings. The summed E-state index contributed by atoms with van der Waals surface area (Å²) in [6, 6.07) is 1.46. The van der Waals surface area contributed by atoms with Crippen LogP contribution in [0.4, 0.5) is 10.2 Å². The average molecular weight is 239 g/mol. The first-order valence-electron chi connectivity index (χ1n) is 5.83. The number of hydrogen-bond donors (Lipinski definition) is 1. The van der Waals surface area contributed by atoms with Gasteiger partial charge in [-0.25, -0.2) is 9.37 Å². The summed E-state index contributed by atoms with van der Waals surface area (Å²) in [4.78, 5) is 6.31.